The van der Waals surface area contributed by atoms with Crippen LogP contribution < -0.4 is 10.6 Å². The molecule has 0 aliphatic carbocycles. The van der Waals surface area contributed by atoms with Gasteiger partial charge in [-0.2, -0.15) is 0 Å². The molecule has 0 saturated heterocycles. The van der Waals surface area contributed by atoms with Crippen molar-refractivity contribution in [3.8, 4) is 0 Å². The van der Waals surface area contributed by atoms with Crippen LogP contribution in [-0.4, -0.2) is 10.8 Å². The van der Waals surface area contributed by atoms with Gasteiger partial charge in [-0.15, -0.1) is 0 Å². The summed E-state index contributed by atoms with van der Waals surface area (Å²) in [5.41, 5.74) is 1.55. The summed E-state index contributed by atoms with van der Waals surface area (Å²) >= 11 is 0. The highest BCUT2D eigenvalue weighted by atomic mass is 16.6. The van der Waals surface area contributed by atoms with Gasteiger partial charge < -0.3 is 5.21 Å². The van der Waals surface area contributed by atoms with Crippen molar-refractivity contribution in [3.63, 3.8) is 0 Å². The third-order valence-electron chi connectivity index (χ3n) is 1.57. The average molecular weight is 196 g/mol. The Hall–Kier alpha value is -2.15. The summed E-state index contributed by atoms with van der Waals surface area (Å²) < 4.78 is 0. The molecule has 0 fully saturated rings. The van der Waals surface area contributed by atoms with Crippen molar-refractivity contribution >= 4 is 11.5 Å². The van der Waals surface area contributed by atoms with Gasteiger partial charge in [0.1, 0.15) is 0 Å². The first-order valence-electron chi connectivity index (χ1n) is 3.57. The van der Waals surface area contributed by atoms with Crippen LogP contribution in [0.2, 0.25) is 0 Å². The number of nitro groups is 1. The van der Waals surface area contributed by atoms with Crippen LogP contribution in [0.3, 0.4) is 0 Å². The zero-order valence-electron chi connectivity index (χ0n) is 6.89. The van der Waals surface area contributed by atoms with Crippen molar-refractivity contribution in [2.75, 3.05) is 0 Å². The number of rotatable bonds is 2. The molecule has 0 aliphatic rings. The molecular formula is C7H6N3O4. The van der Waals surface area contributed by atoms with Crippen LogP contribution >= 0.6 is 0 Å². The van der Waals surface area contributed by atoms with Gasteiger partial charge in [-0.05, 0) is 12.1 Å². The lowest BCUT2D eigenvalue weighted by molar-refractivity contribution is -0.384. The Morgan fingerprint density at radius 1 is 1.36 bits per heavy atom. The predicted molar refractivity (Wildman–Crippen MR) is 45.4 cm³/mol. The molecule has 1 radical (unpaired) electrons. The molecule has 7 heteroatoms. The lowest BCUT2D eigenvalue weighted by atomic mass is 10.2. The molecule has 0 heterocycles. The van der Waals surface area contributed by atoms with Gasteiger partial charge in [0.25, 0.3) is 5.69 Å². The zero-order valence-corrected chi connectivity index (χ0v) is 6.89. The van der Waals surface area contributed by atoms with E-state index in [-0.39, 0.29) is 17.1 Å². The van der Waals surface area contributed by atoms with E-state index >= 15 is 0 Å². The van der Waals surface area contributed by atoms with Crippen molar-refractivity contribution in [1.82, 2.24) is 5.48 Å². The Morgan fingerprint density at radius 3 is 2.29 bits per heavy atom. The molecule has 0 aliphatic heterocycles. The largest absolute Gasteiger partial charge is 0.717 e. The Morgan fingerprint density at radius 2 is 1.93 bits per heavy atom. The molecule has 0 saturated carbocycles. The smallest absolute Gasteiger partial charge is 0.310 e. The van der Waals surface area contributed by atoms with Gasteiger partial charge >= 0.3 is 5.84 Å². The van der Waals surface area contributed by atoms with Gasteiger partial charge in [-0.3, -0.25) is 15.3 Å². The quantitative estimate of drug-likeness (QED) is 0.204. The van der Waals surface area contributed by atoms with E-state index in [1.807, 2.05) is 0 Å². The van der Waals surface area contributed by atoms with Crippen molar-refractivity contribution in [2.45, 2.75) is 0 Å². The molecule has 73 valence electrons. The van der Waals surface area contributed by atoms with E-state index < -0.39 is 4.92 Å². The average Bonchev–Trinajstić information content (AvgIpc) is 2.20. The van der Waals surface area contributed by atoms with E-state index in [9.17, 15) is 20.5 Å². The highest BCUT2D eigenvalue weighted by Gasteiger charge is 2.10. The van der Waals surface area contributed by atoms with Crippen molar-refractivity contribution in [1.29, 1.82) is 0 Å². The Balaban J connectivity index is 2.99. The van der Waals surface area contributed by atoms with Gasteiger partial charge in [0.05, 0.1) is 10.5 Å². The summed E-state index contributed by atoms with van der Waals surface area (Å²) in [5, 5.41) is 32.0. The molecule has 2 N–H and O–H groups in total. The minimum atomic E-state index is -0.571. The molecule has 1 aromatic rings. The number of amidine groups is 1. The van der Waals surface area contributed by atoms with Crippen molar-refractivity contribution in [2.24, 2.45) is 0 Å². The summed E-state index contributed by atoms with van der Waals surface area (Å²) in [5.74, 6) is -0.278. The highest BCUT2D eigenvalue weighted by molar-refractivity contribution is 5.93. The first-order chi connectivity index (χ1) is 6.69. The monoisotopic (exact) mass is 196 g/mol. The summed E-state index contributed by atoms with van der Waals surface area (Å²) in [6, 6.07) is 4.99. The second-order valence-electron chi connectivity index (χ2n) is 2.38. The molecule has 0 aromatic heterocycles. The molecule has 7 nitrogen and oxygen atoms in total. The fraction of sp³-hybridized carbons (Fsp3) is 0. The van der Waals surface area contributed by atoms with E-state index in [4.69, 9.17) is 0 Å². The highest BCUT2D eigenvalue weighted by Crippen LogP contribution is 2.10. The maximum Gasteiger partial charge on any atom is 0.310 e. The van der Waals surface area contributed by atoms with Gasteiger partial charge in [0, 0.05) is 17.3 Å². The number of nitrogens with one attached hydrogen (secondary N) is 2. The molecule has 0 spiro atoms. The van der Waals surface area contributed by atoms with E-state index in [0.29, 0.717) is 0 Å². The third kappa shape index (κ3) is 1.96. The molecule has 0 atom stereocenters. The topological polar surface area (TPSA) is 112 Å². The lowest BCUT2D eigenvalue weighted by Crippen LogP contribution is -2.69. The van der Waals surface area contributed by atoms with Gasteiger partial charge in [-0.25, -0.2) is 0 Å². The van der Waals surface area contributed by atoms with E-state index in [1.165, 1.54) is 34.9 Å². The second-order valence-corrected chi connectivity index (χ2v) is 2.38. The van der Waals surface area contributed by atoms with Crippen LogP contribution in [0, 0.1) is 15.3 Å². The third-order valence-corrected chi connectivity index (χ3v) is 1.57. The minimum Gasteiger partial charge on any atom is -0.717 e. The summed E-state index contributed by atoms with van der Waals surface area (Å²) in [7, 11) is 0. The fourth-order valence-electron chi connectivity index (χ4n) is 0.888. The number of non-ortho nitro benzene ring substituents is 1. The summed E-state index contributed by atoms with van der Waals surface area (Å²) in [4.78, 5) is 9.69. The number of benzene rings is 1. The number of hydrogen-bond acceptors (Lipinski definition) is 3. The number of hydroxylamine groups is 1. The SMILES string of the molecule is [O]NC(=[NH+][O-])c1ccc([N+](=O)[O-])cc1. The van der Waals surface area contributed by atoms with Gasteiger partial charge in [-0.1, -0.05) is 5.48 Å². The van der Waals surface area contributed by atoms with E-state index in [2.05, 4.69) is 0 Å². The van der Waals surface area contributed by atoms with Crippen LogP contribution in [0.1, 0.15) is 5.56 Å². The first-order valence-corrected chi connectivity index (χ1v) is 3.57. The van der Waals surface area contributed by atoms with Gasteiger partial charge in [0.2, 0.25) is 0 Å². The molecule has 1 aromatic carbocycles. The summed E-state index contributed by atoms with van der Waals surface area (Å²) in [6.07, 6.45) is 0. The molecule has 1 rings (SSSR count). The number of nitro benzene ring substituents is 1. The molecule has 0 bridgehead atoms. The minimum absolute atomic E-state index is 0.107. The predicted octanol–water partition coefficient (Wildman–Crippen LogP) is -1.15. The van der Waals surface area contributed by atoms with Crippen LogP contribution in [0.5, 0.6) is 0 Å². The Kier molecular flexibility index (Phi) is 2.97. The van der Waals surface area contributed by atoms with E-state index in [1.54, 1.807) is 0 Å². The molecule has 0 unspecified atom stereocenters. The molecular weight excluding hydrogens is 190 g/mol. The second kappa shape index (κ2) is 4.19. The standard InChI is InChI=1S/C7H6N3O4/c11-8-7(9-12)5-1-3-6(4-2-5)10(13)14/h1-4,8-9H. The normalized spacial score (nSPS) is 11.1. The van der Waals surface area contributed by atoms with Crippen LogP contribution in [0.4, 0.5) is 5.69 Å². The van der Waals surface area contributed by atoms with Gasteiger partial charge in [0.15, 0.2) is 0 Å². The van der Waals surface area contributed by atoms with Crippen LogP contribution in [-0.2, 0) is 5.21 Å². The molecule has 14 heavy (non-hydrogen) atoms. The van der Waals surface area contributed by atoms with E-state index in [0.717, 1.165) is 0 Å². The number of hydrogen-bond donors (Lipinski definition) is 2. The summed E-state index contributed by atoms with van der Waals surface area (Å²) in [6.45, 7) is 0. The van der Waals surface area contributed by atoms with Crippen molar-refractivity contribution < 1.29 is 15.3 Å². The lowest BCUT2D eigenvalue weighted by Gasteiger charge is -1.97. The zero-order chi connectivity index (χ0) is 10.6. The fourth-order valence-corrected chi connectivity index (χ4v) is 0.888. The Bertz CT molecular complexity index is 360. The Labute approximate surface area is 78.4 Å². The maximum atomic E-state index is 10.3. The van der Waals surface area contributed by atoms with Crippen LogP contribution in [0.25, 0.3) is 0 Å². The maximum absolute atomic E-state index is 10.3. The molecule has 0 amide bonds. The van der Waals surface area contributed by atoms with Crippen molar-refractivity contribution in [3.05, 3.63) is 45.2 Å². The number of nitrogens with zero attached hydrogens (tertiary/aromatic N) is 1. The first kappa shape index (κ1) is 9.93. The van der Waals surface area contributed by atoms with Crippen LogP contribution in [0.15, 0.2) is 24.3 Å².